The molecule has 0 saturated heterocycles. The molecule has 3 rings (SSSR count). The van der Waals surface area contributed by atoms with E-state index >= 15 is 0 Å². The molecule has 0 unspecified atom stereocenters. The van der Waals surface area contributed by atoms with Crippen molar-refractivity contribution in [3.63, 3.8) is 0 Å². The van der Waals surface area contributed by atoms with Crippen LogP contribution in [0.15, 0.2) is 16.8 Å². The Hall–Kier alpha value is -1.66. The normalized spacial score (nSPS) is 14.8. The molecular weight excluding hydrogens is 320 g/mol. The third kappa shape index (κ3) is 3.87. The third-order valence-electron chi connectivity index (χ3n) is 4.57. The number of nitrogens with zero attached hydrogens (tertiary/aromatic N) is 3. The fourth-order valence-electron chi connectivity index (χ4n) is 3.29. The van der Waals surface area contributed by atoms with Crippen LogP contribution in [0.3, 0.4) is 0 Å². The summed E-state index contributed by atoms with van der Waals surface area (Å²) in [5.41, 5.74) is 3.75. The van der Waals surface area contributed by atoms with Crippen LogP contribution in [0, 0.1) is 0 Å². The van der Waals surface area contributed by atoms with E-state index in [0.29, 0.717) is 19.0 Å². The van der Waals surface area contributed by atoms with E-state index in [0.717, 1.165) is 37.4 Å². The highest BCUT2D eigenvalue weighted by molar-refractivity contribution is 7.07. The smallest absolute Gasteiger partial charge is 0.234 e. The second-order valence-corrected chi connectivity index (χ2v) is 7.55. The Labute approximate surface area is 147 Å². The number of aromatic nitrogens is 2. The Balaban J connectivity index is 1.50. The summed E-state index contributed by atoms with van der Waals surface area (Å²) in [6.45, 7) is 7.20. The molecule has 2 aromatic rings. The molecule has 0 spiro atoms. The van der Waals surface area contributed by atoms with Gasteiger partial charge in [-0.1, -0.05) is 13.8 Å². The van der Waals surface area contributed by atoms with Crippen molar-refractivity contribution in [3.8, 4) is 0 Å². The average Bonchev–Trinajstić information content (AvgIpc) is 3.15. The summed E-state index contributed by atoms with van der Waals surface area (Å²) in [4.78, 5) is 19.1. The highest BCUT2D eigenvalue weighted by atomic mass is 32.1. The highest BCUT2D eigenvalue weighted by Crippen LogP contribution is 2.23. The van der Waals surface area contributed by atoms with Crippen molar-refractivity contribution in [1.29, 1.82) is 0 Å². The first-order chi connectivity index (χ1) is 11.5. The van der Waals surface area contributed by atoms with Crippen LogP contribution < -0.4 is 5.32 Å². The molecule has 0 fully saturated rings. The first kappa shape index (κ1) is 17.2. The molecule has 1 amide bonds. The van der Waals surface area contributed by atoms with Crippen molar-refractivity contribution in [2.45, 2.75) is 39.2 Å². The van der Waals surface area contributed by atoms with Gasteiger partial charge in [-0.2, -0.15) is 11.3 Å². The molecule has 2 aromatic heterocycles. The Bertz CT molecular complexity index is 690. The summed E-state index contributed by atoms with van der Waals surface area (Å²) in [7, 11) is 2.11. The van der Waals surface area contributed by atoms with Gasteiger partial charge in [-0.3, -0.25) is 9.69 Å². The van der Waals surface area contributed by atoms with E-state index in [9.17, 15) is 4.79 Å². The minimum atomic E-state index is 0.105. The van der Waals surface area contributed by atoms with Gasteiger partial charge in [0, 0.05) is 44.7 Å². The molecule has 1 aliphatic rings. The molecule has 5 nitrogen and oxygen atoms in total. The van der Waals surface area contributed by atoms with E-state index in [2.05, 4.69) is 52.5 Å². The summed E-state index contributed by atoms with van der Waals surface area (Å²) >= 11 is 1.70. The van der Waals surface area contributed by atoms with Crippen LogP contribution in [0.25, 0.3) is 0 Å². The van der Waals surface area contributed by atoms with Crippen molar-refractivity contribution in [2.75, 3.05) is 19.6 Å². The molecule has 3 heterocycles. The van der Waals surface area contributed by atoms with E-state index in [4.69, 9.17) is 4.98 Å². The van der Waals surface area contributed by atoms with Crippen LogP contribution >= 0.6 is 11.3 Å². The lowest BCUT2D eigenvalue weighted by atomic mass is 10.1. The maximum atomic E-state index is 12.2. The van der Waals surface area contributed by atoms with Crippen LogP contribution in [-0.2, 0) is 31.2 Å². The minimum Gasteiger partial charge on any atom is -0.355 e. The average molecular weight is 346 g/mol. The Morgan fingerprint density at radius 1 is 1.46 bits per heavy atom. The summed E-state index contributed by atoms with van der Waals surface area (Å²) in [5, 5.41) is 7.23. The van der Waals surface area contributed by atoms with Crippen molar-refractivity contribution in [3.05, 3.63) is 39.6 Å². The number of hydrogen-bond donors (Lipinski definition) is 1. The van der Waals surface area contributed by atoms with Gasteiger partial charge in [0.15, 0.2) is 0 Å². The maximum absolute atomic E-state index is 12.2. The van der Waals surface area contributed by atoms with E-state index in [-0.39, 0.29) is 5.91 Å². The van der Waals surface area contributed by atoms with Gasteiger partial charge < -0.3 is 9.88 Å². The molecular formula is C18H26N4OS. The summed E-state index contributed by atoms with van der Waals surface area (Å²) in [5.74, 6) is 1.67. The Morgan fingerprint density at radius 2 is 2.29 bits per heavy atom. The third-order valence-corrected chi connectivity index (χ3v) is 5.30. The van der Waals surface area contributed by atoms with Gasteiger partial charge in [0.1, 0.15) is 5.82 Å². The first-order valence-corrected chi connectivity index (χ1v) is 9.53. The number of rotatable bonds is 6. The molecule has 0 bridgehead atoms. The number of hydrogen-bond acceptors (Lipinski definition) is 4. The molecule has 130 valence electrons. The molecule has 0 atom stereocenters. The molecule has 0 aliphatic carbocycles. The number of fused-ring (bicyclic) bond motifs is 1. The van der Waals surface area contributed by atoms with Crippen LogP contribution in [0.1, 0.15) is 42.5 Å². The maximum Gasteiger partial charge on any atom is 0.234 e. The second-order valence-electron chi connectivity index (χ2n) is 6.77. The van der Waals surface area contributed by atoms with Gasteiger partial charge in [-0.25, -0.2) is 4.98 Å². The molecule has 1 N–H and O–H groups in total. The number of carbonyl (C=O) groups is 1. The van der Waals surface area contributed by atoms with Gasteiger partial charge in [-0.15, -0.1) is 0 Å². The summed E-state index contributed by atoms with van der Waals surface area (Å²) in [6, 6.07) is 2.11. The van der Waals surface area contributed by atoms with Crippen molar-refractivity contribution in [1.82, 2.24) is 19.8 Å². The summed E-state index contributed by atoms with van der Waals surface area (Å²) < 4.78 is 2.23. The number of carbonyl (C=O) groups excluding carboxylic acids is 1. The Kier molecular flexibility index (Phi) is 5.36. The number of thiophene rings is 1. The van der Waals surface area contributed by atoms with Crippen LogP contribution in [0.2, 0.25) is 0 Å². The predicted octanol–water partition coefficient (Wildman–Crippen LogP) is 2.32. The largest absolute Gasteiger partial charge is 0.355 e. The second kappa shape index (κ2) is 7.49. The fourth-order valence-corrected chi connectivity index (χ4v) is 4.00. The SMILES string of the molecule is CC(C)c1nc2c(n1C)CCN(CC(=O)NCCc1ccsc1)C2. The zero-order valence-electron chi connectivity index (χ0n) is 14.7. The zero-order chi connectivity index (χ0) is 17.1. The van der Waals surface area contributed by atoms with E-state index in [1.54, 1.807) is 11.3 Å². The fraction of sp³-hybridized carbons (Fsp3) is 0.556. The van der Waals surface area contributed by atoms with Crippen molar-refractivity contribution < 1.29 is 4.79 Å². The standard InChI is InChI=1S/C18H26N4OS/c1-13(2)18-20-15-10-22(8-5-16(15)21(18)3)11-17(23)19-7-4-14-6-9-24-12-14/h6,9,12-13H,4-5,7-8,10-11H2,1-3H3,(H,19,23). The predicted molar refractivity (Wildman–Crippen MR) is 97.3 cm³/mol. The van der Waals surface area contributed by atoms with Gasteiger partial charge in [0.2, 0.25) is 5.91 Å². The molecule has 0 radical (unpaired) electrons. The van der Waals surface area contributed by atoms with Crippen molar-refractivity contribution in [2.24, 2.45) is 7.05 Å². The lowest BCUT2D eigenvalue weighted by molar-refractivity contribution is -0.122. The van der Waals surface area contributed by atoms with Crippen LogP contribution in [0.5, 0.6) is 0 Å². The first-order valence-electron chi connectivity index (χ1n) is 8.59. The van der Waals surface area contributed by atoms with E-state index in [1.807, 2.05) is 0 Å². The minimum absolute atomic E-state index is 0.105. The van der Waals surface area contributed by atoms with Gasteiger partial charge in [0.25, 0.3) is 0 Å². The number of amides is 1. The highest BCUT2D eigenvalue weighted by Gasteiger charge is 2.24. The van der Waals surface area contributed by atoms with E-state index in [1.165, 1.54) is 11.3 Å². The monoisotopic (exact) mass is 346 g/mol. The Morgan fingerprint density at radius 3 is 3.00 bits per heavy atom. The molecule has 6 heteroatoms. The molecule has 1 aliphatic heterocycles. The van der Waals surface area contributed by atoms with Gasteiger partial charge in [0.05, 0.1) is 12.2 Å². The molecule has 24 heavy (non-hydrogen) atoms. The topological polar surface area (TPSA) is 50.2 Å². The lowest BCUT2D eigenvalue weighted by Gasteiger charge is -2.26. The van der Waals surface area contributed by atoms with E-state index < -0.39 is 0 Å². The van der Waals surface area contributed by atoms with Crippen LogP contribution in [-0.4, -0.2) is 40.0 Å². The van der Waals surface area contributed by atoms with Crippen LogP contribution in [0.4, 0.5) is 0 Å². The number of nitrogens with one attached hydrogen (secondary N) is 1. The summed E-state index contributed by atoms with van der Waals surface area (Å²) in [6.07, 6.45) is 1.87. The molecule has 0 saturated carbocycles. The molecule has 0 aromatic carbocycles. The van der Waals surface area contributed by atoms with Crippen molar-refractivity contribution >= 4 is 17.2 Å². The van der Waals surface area contributed by atoms with Gasteiger partial charge >= 0.3 is 0 Å². The lowest BCUT2D eigenvalue weighted by Crippen LogP contribution is -2.40. The zero-order valence-corrected chi connectivity index (χ0v) is 15.5. The number of imidazole rings is 1. The quantitative estimate of drug-likeness (QED) is 0.873. The van der Waals surface area contributed by atoms with Gasteiger partial charge in [-0.05, 0) is 28.8 Å².